The third-order valence-electron chi connectivity index (χ3n) is 6.57. The number of nitrogens with one attached hydrogen (secondary N) is 1. The standard InChI is InChI=1S/C30H37N3O5S/c1-6-23(3)31-30(35)24(4)32(20-25-14-12-13-22(2)19-25)29(34)21-33(27-17-10-11-18-28(27)38-5)39(36,37)26-15-8-7-9-16-26/h7-19,23-24H,6,20-21H2,1-5H3,(H,31,35)/t23-,24-/m1/s1. The van der Waals surface area contributed by atoms with Crippen molar-refractivity contribution in [1.29, 1.82) is 0 Å². The number of sulfonamides is 1. The number of aryl methyl sites for hydroxylation is 1. The molecule has 0 unspecified atom stereocenters. The third kappa shape index (κ3) is 7.38. The van der Waals surface area contributed by atoms with Crippen molar-refractivity contribution < 1.29 is 22.7 Å². The predicted molar refractivity (Wildman–Crippen MR) is 153 cm³/mol. The Morgan fingerprint density at radius 3 is 2.26 bits per heavy atom. The smallest absolute Gasteiger partial charge is 0.264 e. The molecule has 0 saturated heterocycles. The fourth-order valence-electron chi connectivity index (χ4n) is 4.12. The van der Waals surface area contributed by atoms with E-state index in [1.54, 1.807) is 49.4 Å². The van der Waals surface area contributed by atoms with Crippen LogP contribution in [0.5, 0.6) is 5.75 Å². The van der Waals surface area contributed by atoms with E-state index in [1.165, 1.54) is 24.1 Å². The van der Waals surface area contributed by atoms with Crippen LogP contribution < -0.4 is 14.4 Å². The number of hydrogen-bond acceptors (Lipinski definition) is 5. The van der Waals surface area contributed by atoms with Crippen molar-refractivity contribution in [2.24, 2.45) is 0 Å². The van der Waals surface area contributed by atoms with Gasteiger partial charge in [-0.25, -0.2) is 8.42 Å². The van der Waals surface area contributed by atoms with E-state index in [2.05, 4.69) is 5.32 Å². The summed E-state index contributed by atoms with van der Waals surface area (Å²) in [7, 11) is -2.71. The minimum Gasteiger partial charge on any atom is -0.495 e. The summed E-state index contributed by atoms with van der Waals surface area (Å²) < 4.78 is 34.2. The van der Waals surface area contributed by atoms with E-state index < -0.39 is 28.5 Å². The van der Waals surface area contributed by atoms with E-state index in [0.29, 0.717) is 5.75 Å². The second-order valence-corrected chi connectivity index (χ2v) is 11.4. The van der Waals surface area contributed by atoms with Crippen molar-refractivity contribution in [1.82, 2.24) is 10.2 Å². The number of benzene rings is 3. The van der Waals surface area contributed by atoms with Gasteiger partial charge in [-0.3, -0.25) is 13.9 Å². The highest BCUT2D eigenvalue weighted by molar-refractivity contribution is 7.92. The van der Waals surface area contributed by atoms with E-state index in [0.717, 1.165) is 21.9 Å². The molecule has 39 heavy (non-hydrogen) atoms. The van der Waals surface area contributed by atoms with E-state index in [1.807, 2.05) is 45.0 Å². The number of ether oxygens (including phenoxy) is 1. The van der Waals surface area contributed by atoms with Crippen LogP contribution in [-0.2, 0) is 26.2 Å². The Labute approximate surface area is 231 Å². The monoisotopic (exact) mass is 551 g/mol. The van der Waals surface area contributed by atoms with Crippen molar-refractivity contribution in [3.8, 4) is 5.75 Å². The van der Waals surface area contributed by atoms with Gasteiger partial charge < -0.3 is 15.0 Å². The Kier molecular flexibility index (Phi) is 10.1. The Balaban J connectivity index is 2.05. The molecule has 0 spiro atoms. The topological polar surface area (TPSA) is 96.0 Å². The van der Waals surface area contributed by atoms with Crippen molar-refractivity contribution in [2.45, 2.75) is 57.6 Å². The first-order chi connectivity index (χ1) is 18.6. The number of rotatable bonds is 12. The zero-order valence-corrected chi connectivity index (χ0v) is 23.9. The summed E-state index contributed by atoms with van der Waals surface area (Å²) >= 11 is 0. The van der Waals surface area contributed by atoms with E-state index in [4.69, 9.17) is 4.74 Å². The third-order valence-corrected chi connectivity index (χ3v) is 8.34. The van der Waals surface area contributed by atoms with Gasteiger partial charge in [0.25, 0.3) is 10.0 Å². The molecule has 2 atom stereocenters. The van der Waals surface area contributed by atoms with Crippen molar-refractivity contribution in [2.75, 3.05) is 18.0 Å². The number of carbonyl (C=O) groups excluding carboxylic acids is 2. The summed E-state index contributed by atoms with van der Waals surface area (Å²) in [6, 6.07) is 21.3. The normalized spacial score (nSPS) is 12.7. The van der Waals surface area contributed by atoms with Gasteiger partial charge in [-0.15, -0.1) is 0 Å². The molecule has 3 rings (SSSR count). The van der Waals surface area contributed by atoms with Gasteiger partial charge in [-0.2, -0.15) is 0 Å². The second kappa shape index (κ2) is 13.3. The molecule has 0 heterocycles. The van der Waals surface area contributed by atoms with Gasteiger partial charge in [0.15, 0.2) is 0 Å². The molecule has 208 valence electrons. The molecule has 0 aliphatic heterocycles. The zero-order chi connectivity index (χ0) is 28.6. The van der Waals surface area contributed by atoms with Crippen LogP contribution in [0.4, 0.5) is 5.69 Å². The van der Waals surface area contributed by atoms with Crippen LogP contribution >= 0.6 is 0 Å². The summed E-state index contributed by atoms with van der Waals surface area (Å²) in [6.45, 7) is 7.08. The molecular weight excluding hydrogens is 514 g/mol. The number of anilines is 1. The summed E-state index contributed by atoms with van der Waals surface area (Å²) in [4.78, 5) is 28.6. The van der Waals surface area contributed by atoms with Gasteiger partial charge in [0.1, 0.15) is 18.3 Å². The lowest BCUT2D eigenvalue weighted by atomic mass is 10.1. The minimum absolute atomic E-state index is 0.0384. The number of hydrogen-bond donors (Lipinski definition) is 1. The van der Waals surface area contributed by atoms with Crippen LogP contribution in [-0.4, -0.2) is 50.9 Å². The Morgan fingerprint density at radius 1 is 0.949 bits per heavy atom. The van der Waals surface area contributed by atoms with E-state index in [9.17, 15) is 18.0 Å². The van der Waals surface area contributed by atoms with Gasteiger partial charge in [-0.05, 0) is 57.0 Å². The summed E-state index contributed by atoms with van der Waals surface area (Å²) in [5.74, 6) is -0.522. The van der Waals surface area contributed by atoms with Crippen LogP contribution in [0, 0.1) is 6.92 Å². The average molecular weight is 552 g/mol. The van der Waals surface area contributed by atoms with Crippen molar-refractivity contribution in [3.63, 3.8) is 0 Å². The fourth-order valence-corrected chi connectivity index (χ4v) is 5.57. The molecule has 0 aromatic heterocycles. The molecule has 3 aromatic carbocycles. The maximum absolute atomic E-state index is 14.0. The zero-order valence-electron chi connectivity index (χ0n) is 23.1. The van der Waals surface area contributed by atoms with E-state index >= 15 is 0 Å². The molecule has 0 aliphatic rings. The quantitative estimate of drug-likeness (QED) is 0.357. The Morgan fingerprint density at radius 2 is 1.62 bits per heavy atom. The molecule has 8 nitrogen and oxygen atoms in total. The number of nitrogens with zero attached hydrogens (tertiary/aromatic N) is 2. The highest BCUT2D eigenvalue weighted by atomic mass is 32.2. The lowest BCUT2D eigenvalue weighted by Gasteiger charge is -2.32. The summed E-state index contributed by atoms with van der Waals surface area (Å²) in [5, 5.41) is 2.94. The summed E-state index contributed by atoms with van der Waals surface area (Å²) in [5.41, 5.74) is 2.07. The molecular formula is C30H37N3O5S. The lowest BCUT2D eigenvalue weighted by Crippen LogP contribution is -2.52. The van der Waals surface area contributed by atoms with Crippen LogP contribution in [0.1, 0.15) is 38.3 Å². The highest BCUT2D eigenvalue weighted by Gasteiger charge is 2.33. The van der Waals surface area contributed by atoms with E-state index in [-0.39, 0.29) is 29.1 Å². The van der Waals surface area contributed by atoms with Crippen LogP contribution in [0.25, 0.3) is 0 Å². The summed E-state index contributed by atoms with van der Waals surface area (Å²) in [6.07, 6.45) is 0.737. The Hall–Kier alpha value is -3.85. The van der Waals surface area contributed by atoms with Gasteiger partial charge in [-0.1, -0.05) is 67.1 Å². The fraction of sp³-hybridized carbons (Fsp3) is 0.333. The molecule has 0 aliphatic carbocycles. The van der Waals surface area contributed by atoms with Gasteiger partial charge >= 0.3 is 0 Å². The Bertz CT molecular complexity index is 1380. The van der Waals surface area contributed by atoms with Crippen molar-refractivity contribution in [3.05, 3.63) is 90.0 Å². The molecule has 3 aromatic rings. The second-order valence-electron chi connectivity index (χ2n) is 9.50. The maximum Gasteiger partial charge on any atom is 0.264 e. The number of amides is 2. The van der Waals surface area contributed by atoms with Crippen LogP contribution in [0.15, 0.2) is 83.8 Å². The molecule has 9 heteroatoms. The van der Waals surface area contributed by atoms with Crippen LogP contribution in [0.3, 0.4) is 0 Å². The highest BCUT2D eigenvalue weighted by Crippen LogP contribution is 2.32. The molecule has 2 amide bonds. The average Bonchev–Trinajstić information content (AvgIpc) is 2.94. The number of para-hydroxylation sites is 2. The van der Waals surface area contributed by atoms with Gasteiger partial charge in [0.05, 0.1) is 17.7 Å². The number of methoxy groups -OCH3 is 1. The first-order valence-electron chi connectivity index (χ1n) is 12.9. The molecule has 0 bridgehead atoms. The van der Waals surface area contributed by atoms with Gasteiger partial charge in [0, 0.05) is 12.6 Å². The molecule has 0 radical (unpaired) electrons. The first kappa shape index (κ1) is 29.7. The van der Waals surface area contributed by atoms with Crippen molar-refractivity contribution >= 4 is 27.5 Å². The largest absolute Gasteiger partial charge is 0.495 e. The first-order valence-corrected chi connectivity index (χ1v) is 14.4. The molecule has 0 fully saturated rings. The predicted octanol–water partition coefficient (Wildman–Crippen LogP) is 4.53. The lowest BCUT2D eigenvalue weighted by molar-refractivity contribution is -0.139. The number of carbonyl (C=O) groups is 2. The van der Waals surface area contributed by atoms with Crippen LogP contribution in [0.2, 0.25) is 0 Å². The van der Waals surface area contributed by atoms with Gasteiger partial charge in [0.2, 0.25) is 11.8 Å². The molecule has 0 saturated carbocycles. The maximum atomic E-state index is 14.0. The molecule has 1 N–H and O–H groups in total. The SMILES string of the molecule is CC[C@@H](C)NC(=O)[C@@H](C)N(Cc1cccc(C)c1)C(=O)CN(c1ccccc1OC)S(=O)(=O)c1ccccc1. The minimum atomic E-state index is -4.16.